The number of nitrogens with zero attached hydrogens (tertiary/aromatic N) is 2. The Bertz CT molecular complexity index is 1150. The highest BCUT2D eigenvalue weighted by Crippen LogP contribution is 2.30. The van der Waals surface area contributed by atoms with E-state index in [2.05, 4.69) is 39.4 Å². The number of aryl methyl sites for hydroxylation is 1. The van der Waals surface area contributed by atoms with Gasteiger partial charge in [0.15, 0.2) is 0 Å². The molecular weight excluding hydrogens is 380 g/mol. The summed E-state index contributed by atoms with van der Waals surface area (Å²) in [6.45, 7) is 6.12. The number of para-hydroxylation sites is 3. The second-order valence-electron chi connectivity index (χ2n) is 7.71. The van der Waals surface area contributed by atoms with Gasteiger partial charge in [0.25, 0.3) is 11.8 Å². The molecular formula is C22H24N6O2. The Labute approximate surface area is 174 Å². The standard InChI is InChI=1S/C22H24N6O2/c1-12(2)14-8-6-7-13(3)17(14)28-19(29)18-22(20(23)30,25-11-24-18)21-26-15-9-4-5-10-16(15)27-21/h4-10,12,25H,11H2,1-3H3,(H2,23,30)(H,26,27)(H,28,29). The lowest BCUT2D eigenvalue weighted by Gasteiger charge is -2.25. The van der Waals surface area contributed by atoms with E-state index in [1.54, 1.807) is 0 Å². The van der Waals surface area contributed by atoms with E-state index >= 15 is 0 Å². The number of fused-ring (bicyclic) bond motifs is 1. The molecule has 0 spiro atoms. The van der Waals surface area contributed by atoms with Crippen molar-refractivity contribution < 1.29 is 9.59 Å². The third kappa shape index (κ3) is 3.05. The van der Waals surface area contributed by atoms with E-state index in [0.29, 0.717) is 5.52 Å². The molecule has 1 atom stereocenters. The molecule has 3 aromatic rings. The maximum atomic E-state index is 13.3. The van der Waals surface area contributed by atoms with E-state index in [-0.39, 0.29) is 24.1 Å². The van der Waals surface area contributed by atoms with Crippen LogP contribution in [0.25, 0.3) is 11.0 Å². The molecule has 0 saturated carbocycles. The molecule has 2 aromatic carbocycles. The summed E-state index contributed by atoms with van der Waals surface area (Å²) >= 11 is 0. The van der Waals surface area contributed by atoms with Gasteiger partial charge in [0.05, 0.1) is 17.7 Å². The summed E-state index contributed by atoms with van der Waals surface area (Å²) in [4.78, 5) is 37.9. The van der Waals surface area contributed by atoms with Gasteiger partial charge in [-0.3, -0.25) is 19.9 Å². The van der Waals surface area contributed by atoms with Crippen molar-refractivity contribution in [2.75, 3.05) is 12.0 Å². The number of primary amides is 1. The fraction of sp³-hybridized carbons (Fsp3) is 0.273. The Morgan fingerprint density at radius 1 is 1.17 bits per heavy atom. The van der Waals surface area contributed by atoms with Crippen LogP contribution < -0.4 is 16.4 Å². The third-order valence-electron chi connectivity index (χ3n) is 5.43. The Balaban J connectivity index is 1.76. The molecule has 8 nitrogen and oxygen atoms in total. The summed E-state index contributed by atoms with van der Waals surface area (Å²) in [5, 5.41) is 5.94. The van der Waals surface area contributed by atoms with Gasteiger partial charge in [-0.15, -0.1) is 0 Å². The number of anilines is 1. The smallest absolute Gasteiger partial charge is 0.272 e. The first-order chi connectivity index (χ1) is 14.3. The number of aromatic amines is 1. The molecule has 8 heteroatoms. The molecule has 2 heterocycles. The minimum absolute atomic E-state index is 0.00739. The first kappa shape index (κ1) is 19.8. The van der Waals surface area contributed by atoms with Crippen molar-refractivity contribution in [2.24, 2.45) is 10.7 Å². The molecule has 5 N–H and O–H groups in total. The second kappa shape index (κ2) is 7.38. The first-order valence-electron chi connectivity index (χ1n) is 9.80. The van der Waals surface area contributed by atoms with E-state index in [1.807, 2.05) is 49.4 Å². The number of imidazole rings is 1. The fourth-order valence-corrected chi connectivity index (χ4v) is 3.84. The zero-order chi connectivity index (χ0) is 21.5. The number of nitrogens with one attached hydrogen (secondary N) is 3. The van der Waals surface area contributed by atoms with Crippen molar-refractivity contribution in [1.29, 1.82) is 0 Å². The number of aliphatic imine (C=N–C) groups is 1. The van der Waals surface area contributed by atoms with Crippen LogP contribution in [0.2, 0.25) is 0 Å². The van der Waals surface area contributed by atoms with E-state index < -0.39 is 17.4 Å². The molecule has 4 rings (SSSR count). The summed E-state index contributed by atoms with van der Waals surface area (Å²) < 4.78 is 0. The van der Waals surface area contributed by atoms with Crippen LogP contribution in [0.15, 0.2) is 47.5 Å². The number of H-pyrrole nitrogens is 1. The van der Waals surface area contributed by atoms with Crippen LogP contribution in [0.3, 0.4) is 0 Å². The highest BCUT2D eigenvalue weighted by molar-refractivity contribution is 6.50. The highest BCUT2D eigenvalue weighted by Gasteiger charge is 2.52. The monoisotopic (exact) mass is 404 g/mol. The maximum Gasteiger partial charge on any atom is 0.272 e. The predicted molar refractivity (Wildman–Crippen MR) is 116 cm³/mol. The highest BCUT2D eigenvalue weighted by atomic mass is 16.2. The summed E-state index contributed by atoms with van der Waals surface area (Å²) in [5.41, 5.74) is 8.21. The molecule has 1 aliphatic heterocycles. The van der Waals surface area contributed by atoms with Crippen LogP contribution in [0, 0.1) is 6.92 Å². The average molecular weight is 404 g/mol. The lowest BCUT2D eigenvalue weighted by atomic mass is 9.91. The predicted octanol–water partition coefficient (Wildman–Crippen LogP) is 2.32. The molecule has 0 aliphatic carbocycles. The van der Waals surface area contributed by atoms with Crippen LogP contribution >= 0.6 is 0 Å². The Hall–Kier alpha value is -3.52. The molecule has 0 saturated heterocycles. The number of hydrogen-bond acceptors (Lipinski definition) is 5. The van der Waals surface area contributed by atoms with E-state index in [4.69, 9.17) is 5.73 Å². The van der Waals surface area contributed by atoms with Gasteiger partial charge in [-0.25, -0.2) is 4.98 Å². The summed E-state index contributed by atoms with van der Waals surface area (Å²) in [6.07, 6.45) is 0. The average Bonchev–Trinajstić information content (AvgIpc) is 3.34. The van der Waals surface area contributed by atoms with Gasteiger partial charge < -0.3 is 16.0 Å². The Morgan fingerprint density at radius 3 is 2.63 bits per heavy atom. The van der Waals surface area contributed by atoms with Crippen molar-refractivity contribution >= 4 is 34.2 Å². The SMILES string of the molecule is Cc1cccc(C(C)C)c1NC(=O)C1=NCNC1(C(N)=O)c1nc2ccccc2[nH]1. The molecule has 2 amide bonds. The summed E-state index contributed by atoms with van der Waals surface area (Å²) in [6, 6.07) is 13.2. The zero-order valence-corrected chi connectivity index (χ0v) is 17.1. The molecule has 1 aromatic heterocycles. The number of nitrogens with two attached hydrogens (primary N) is 1. The first-order valence-corrected chi connectivity index (χ1v) is 9.80. The Morgan fingerprint density at radius 2 is 1.93 bits per heavy atom. The van der Waals surface area contributed by atoms with Gasteiger partial charge in [-0.1, -0.05) is 44.2 Å². The van der Waals surface area contributed by atoms with Crippen LogP contribution in [0.4, 0.5) is 5.69 Å². The fourth-order valence-electron chi connectivity index (χ4n) is 3.84. The molecule has 0 fully saturated rings. The van der Waals surface area contributed by atoms with Crippen molar-refractivity contribution in [1.82, 2.24) is 15.3 Å². The van der Waals surface area contributed by atoms with Crippen molar-refractivity contribution in [3.8, 4) is 0 Å². The minimum atomic E-state index is -1.64. The van der Waals surface area contributed by atoms with E-state index in [9.17, 15) is 9.59 Å². The number of hydrogen-bond donors (Lipinski definition) is 4. The lowest BCUT2D eigenvalue weighted by Crippen LogP contribution is -2.58. The van der Waals surface area contributed by atoms with Crippen molar-refractivity contribution in [3.63, 3.8) is 0 Å². The molecule has 1 aliphatic rings. The summed E-state index contributed by atoms with van der Waals surface area (Å²) in [5.74, 6) is -0.783. The molecule has 0 radical (unpaired) electrons. The topological polar surface area (TPSA) is 125 Å². The number of benzene rings is 2. The van der Waals surface area contributed by atoms with Gasteiger partial charge in [0, 0.05) is 5.69 Å². The quantitative estimate of drug-likeness (QED) is 0.521. The van der Waals surface area contributed by atoms with Crippen LogP contribution in [-0.2, 0) is 15.1 Å². The number of aromatic nitrogens is 2. The van der Waals surface area contributed by atoms with Gasteiger partial charge >= 0.3 is 0 Å². The molecule has 154 valence electrons. The molecule has 0 bridgehead atoms. The largest absolute Gasteiger partial charge is 0.367 e. The number of carbonyl (C=O) groups excluding carboxylic acids is 2. The van der Waals surface area contributed by atoms with Crippen LogP contribution in [-0.4, -0.2) is 34.2 Å². The van der Waals surface area contributed by atoms with Crippen LogP contribution in [0.5, 0.6) is 0 Å². The van der Waals surface area contributed by atoms with E-state index in [0.717, 1.165) is 22.3 Å². The second-order valence-corrected chi connectivity index (χ2v) is 7.71. The van der Waals surface area contributed by atoms with Gasteiger partial charge in [0.1, 0.15) is 11.5 Å². The van der Waals surface area contributed by atoms with Crippen molar-refractivity contribution in [2.45, 2.75) is 32.2 Å². The zero-order valence-electron chi connectivity index (χ0n) is 17.1. The van der Waals surface area contributed by atoms with Crippen LogP contribution in [0.1, 0.15) is 36.7 Å². The van der Waals surface area contributed by atoms with Gasteiger partial charge in [-0.05, 0) is 36.1 Å². The third-order valence-corrected chi connectivity index (χ3v) is 5.43. The van der Waals surface area contributed by atoms with E-state index in [1.165, 1.54) is 0 Å². The lowest BCUT2D eigenvalue weighted by molar-refractivity contribution is -0.123. The Kier molecular flexibility index (Phi) is 4.87. The normalized spacial score (nSPS) is 18.6. The minimum Gasteiger partial charge on any atom is -0.367 e. The van der Waals surface area contributed by atoms with Crippen molar-refractivity contribution in [3.05, 3.63) is 59.4 Å². The number of rotatable bonds is 5. The molecule has 1 unspecified atom stereocenters. The number of carbonyl (C=O) groups is 2. The van der Waals surface area contributed by atoms with Gasteiger partial charge in [0.2, 0.25) is 5.54 Å². The van der Waals surface area contributed by atoms with Gasteiger partial charge in [-0.2, -0.15) is 0 Å². The summed E-state index contributed by atoms with van der Waals surface area (Å²) in [7, 11) is 0. The number of amides is 2. The molecule has 30 heavy (non-hydrogen) atoms. The maximum absolute atomic E-state index is 13.3.